The van der Waals surface area contributed by atoms with Gasteiger partial charge in [-0.15, -0.1) is 0 Å². The molecule has 0 aliphatic carbocycles. The average molecular weight is 412 g/mol. The number of hydrogen-bond acceptors (Lipinski definition) is 5. The highest BCUT2D eigenvalue weighted by molar-refractivity contribution is 6.39. The zero-order valence-electron chi connectivity index (χ0n) is 14.5. The molecule has 0 spiro atoms. The van der Waals surface area contributed by atoms with Crippen molar-refractivity contribution >= 4 is 45.9 Å². The first-order valence-corrected chi connectivity index (χ1v) is 9.21. The van der Waals surface area contributed by atoms with Crippen LogP contribution in [0.3, 0.4) is 0 Å². The SMILES string of the molecule is NCc1ccc(Nc2ncc3cc(-c4c(Cl)cccc4Cl)c(=O)[nH]c3n2)cc1. The Labute approximate surface area is 170 Å². The van der Waals surface area contributed by atoms with Crippen molar-refractivity contribution in [1.29, 1.82) is 0 Å². The molecule has 0 radical (unpaired) electrons. The molecule has 4 rings (SSSR count). The van der Waals surface area contributed by atoms with E-state index < -0.39 is 0 Å². The van der Waals surface area contributed by atoms with Crippen LogP contribution >= 0.6 is 23.2 Å². The number of aromatic nitrogens is 3. The van der Waals surface area contributed by atoms with Crippen LogP contribution < -0.4 is 16.6 Å². The van der Waals surface area contributed by atoms with E-state index in [1.807, 2.05) is 24.3 Å². The highest BCUT2D eigenvalue weighted by atomic mass is 35.5. The Morgan fingerprint density at radius 1 is 1.07 bits per heavy atom. The van der Waals surface area contributed by atoms with Gasteiger partial charge in [-0.3, -0.25) is 4.79 Å². The zero-order chi connectivity index (χ0) is 19.7. The normalized spacial score (nSPS) is 11.0. The Bertz CT molecular complexity index is 1200. The molecule has 28 heavy (non-hydrogen) atoms. The second kappa shape index (κ2) is 7.59. The van der Waals surface area contributed by atoms with E-state index in [1.165, 1.54) is 0 Å². The first kappa shape index (κ1) is 18.4. The summed E-state index contributed by atoms with van der Waals surface area (Å²) in [6, 6.07) is 14.4. The van der Waals surface area contributed by atoms with E-state index in [4.69, 9.17) is 28.9 Å². The zero-order valence-corrected chi connectivity index (χ0v) is 16.1. The van der Waals surface area contributed by atoms with Gasteiger partial charge in [0.25, 0.3) is 5.56 Å². The summed E-state index contributed by atoms with van der Waals surface area (Å²) >= 11 is 12.5. The number of nitrogens with one attached hydrogen (secondary N) is 2. The summed E-state index contributed by atoms with van der Waals surface area (Å²) in [6.45, 7) is 0.478. The molecule has 0 aliphatic heterocycles. The van der Waals surface area contributed by atoms with Gasteiger partial charge in [0.1, 0.15) is 5.65 Å². The minimum absolute atomic E-state index is 0.334. The fourth-order valence-electron chi connectivity index (χ4n) is 2.85. The minimum Gasteiger partial charge on any atom is -0.326 e. The third-order valence-corrected chi connectivity index (χ3v) is 4.90. The molecule has 0 amide bonds. The van der Waals surface area contributed by atoms with Crippen molar-refractivity contribution in [3.63, 3.8) is 0 Å². The molecule has 2 heterocycles. The van der Waals surface area contributed by atoms with Crippen LogP contribution in [0.2, 0.25) is 10.0 Å². The van der Waals surface area contributed by atoms with Gasteiger partial charge < -0.3 is 16.0 Å². The maximum atomic E-state index is 12.6. The van der Waals surface area contributed by atoms with E-state index >= 15 is 0 Å². The minimum atomic E-state index is -0.334. The van der Waals surface area contributed by atoms with Crippen LogP contribution in [0, 0.1) is 0 Å². The highest BCUT2D eigenvalue weighted by Gasteiger charge is 2.14. The number of pyridine rings is 1. The number of anilines is 2. The molecule has 0 atom stereocenters. The highest BCUT2D eigenvalue weighted by Crippen LogP contribution is 2.33. The quantitative estimate of drug-likeness (QED) is 0.459. The number of fused-ring (bicyclic) bond motifs is 1. The van der Waals surface area contributed by atoms with Gasteiger partial charge in [-0.2, -0.15) is 4.98 Å². The molecule has 140 valence electrons. The molecule has 0 aliphatic rings. The molecular weight excluding hydrogens is 397 g/mol. The van der Waals surface area contributed by atoms with Crippen LogP contribution in [0.1, 0.15) is 5.56 Å². The first-order chi connectivity index (χ1) is 13.5. The Morgan fingerprint density at radius 3 is 2.46 bits per heavy atom. The van der Waals surface area contributed by atoms with E-state index in [1.54, 1.807) is 30.5 Å². The number of hydrogen-bond donors (Lipinski definition) is 3. The second-order valence-electron chi connectivity index (χ2n) is 6.13. The molecule has 0 saturated heterocycles. The number of H-pyrrole nitrogens is 1. The molecule has 0 unspecified atom stereocenters. The van der Waals surface area contributed by atoms with Gasteiger partial charge in [-0.25, -0.2) is 4.98 Å². The lowest BCUT2D eigenvalue weighted by atomic mass is 10.1. The van der Waals surface area contributed by atoms with Crippen LogP contribution in [-0.4, -0.2) is 15.0 Å². The summed E-state index contributed by atoms with van der Waals surface area (Å²) < 4.78 is 0. The van der Waals surface area contributed by atoms with Gasteiger partial charge in [-0.05, 0) is 35.9 Å². The van der Waals surface area contributed by atoms with Crippen LogP contribution in [0.25, 0.3) is 22.2 Å². The van der Waals surface area contributed by atoms with Gasteiger partial charge in [0.2, 0.25) is 5.95 Å². The summed E-state index contributed by atoms with van der Waals surface area (Å²) in [5.41, 5.74) is 8.38. The van der Waals surface area contributed by atoms with Crippen molar-refractivity contribution in [2.45, 2.75) is 6.54 Å². The number of nitrogens with two attached hydrogens (primary N) is 1. The molecule has 0 bridgehead atoms. The van der Waals surface area contributed by atoms with Gasteiger partial charge in [0.15, 0.2) is 0 Å². The summed E-state index contributed by atoms with van der Waals surface area (Å²) in [6.07, 6.45) is 1.63. The molecule has 6 nitrogen and oxygen atoms in total. The van der Waals surface area contributed by atoms with Crippen molar-refractivity contribution in [2.75, 3.05) is 5.32 Å². The van der Waals surface area contributed by atoms with E-state index in [-0.39, 0.29) is 5.56 Å². The maximum Gasteiger partial charge on any atom is 0.257 e. The molecule has 2 aromatic heterocycles. The molecule has 4 aromatic rings. The summed E-state index contributed by atoms with van der Waals surface area (Å²) in [5, 5.41) is 4.57. The lowest BCUT2D eigenvalue weighted by Crippen LogP contribution is -2.11. The lowest BCUT2D eigenvalue weighted by molar-refractivity contribution is 1.07. The van der Waals surface area contributed by atoms with Gasteiger partial charge in [0, 0.05) is 29.4 Å². The van der Waals surface area contributed by atoms with E-state index in [0.717, 1.165) is 11.3 Å². The van der Waals surface area contributed by atoms with Crippen molar-refractivity contribution < 1.29 is 0 Å². The molecule has 4 N–H and O–H groups in total. The number of aromatic amines is 1. The Hall–Kier alpha value is -2.93. The summed E-state index contributed by atoms with van der Waals surface area (Å²) in [4.78, 5) is 24.1. The monoisotopic (exact) mass is 411 g/mol. The molecule has 8 heteroatoms. The van der Waals surface area contributed by atoms with Crippen LogP contribution in [0.4, 0.5) is 11.6 Å². The Kier molecular flexibility index (Phi) is 5.00. The second-order valence-corrected chi connectivity index (χ2v) is 6.95. The third-order valence-electron chi connectivity index (χ3n) is 4.27. The average Bonchev–Trinajstić information content (AvgIpc) is 2.69. The van der Waals surface area contributed by atoms with Crippen LogP contribution in [0.15, 0.2) is 59.5 Å². The standard InChI is InChI=1S/C20H15Cl2N5O/c21-15-2-1-3-16(22)17(15)14-8-12-10-24-20(27-18(12)26-19(14)28)25-13-6-4-11(9-23)5-7-13/h1-8,10H,9,23H2,(H2,24,25,26,27,28). The first-order valence-electron chi connectivity index (χ1n) is 8.45. The summed E-state index contributed by atoms with van der Waals surface area (Å²) in [5.74, 6) is 0.368. The number of rotatable bonds is 4. The van der Waals surface area contributed by atoms with Crippen LogP contribution in [-0.2, 0) is 6.54 Å². The number of benzene rings is 2. The van der Waals surface area contributed by atoms with Gasteiger partial charge in [0.05, 0.1) is 15.6 Å². The van der Waals surface area contributed by atoms with Crippen molar-refractivity contribution in [3.8, 4) is 11.1 Å². The van der Waals surface area contributed by atoms with Crippen molar-refractivity contribution in [3.05, 3.63) is 80.7 Å². The van der Waals surface area contributed by atoms with E-state index in [0.29, 0.717) is 44.7 Å². The predicted octanol–water partition coefficient (Wildman–Crippen LogP) is 4.49. The Morgan fingerprint density at radius 2 is 1.79 bits per heavy atom. The topological polar surface area (TPSA) is 96.7 Å². The fraction of sp³-hybridized carbons (Fsp3) is 0.0500. The maximum absolute atomic E-state index is 12.6. The molecule has 0 fully saturated rings. The van der Waals surface area contributed by atoms with Crippen molar-refractivity contribution in [2.24, 2.45) is 5.73 Å². The summed E-state index contributed by atoms with van der Waals surface area (Å²) in [7, 11) is 0. The number of nitrogens with zero attached hydrogens (tertiary/aromatic N) is 2. The molecular formula is C20H15Cl2N5O. The van der Waals surface area contributed by atoms with Crippen LogP contribution in [0.5, 0.6) is 0 Å². The lowest BCUT2D eigenvalue weighted by Gasteiger charge is -2.09. The van der Waals surface area contributed by atoms with Crippen molar-refractivity contribution in [1.82, 2.24) is 15.0 Å². The van der Waals surface area contributed by atoms with Gasteiger partial charge >= 0.3 is 0 Å². The predicted molar refractivity (Wildman–Crippen MR) is 113 cm³/mol. The number of halogens is 2. The molecule has 0 saturated carbocycles. The fourth-order valence-corrected chi connectivity index (χ4v) is 3.45. The largest absolute Gasteiger partial charge is 0.326 e. The third kappa shape index (κ3) is 3.57. The Balaban J connectivity index is 1.72. The molecule has 2 aromatic carbocycles. The van der Waals surface area contributed by atoms with Gasteiger partial charge in [-0.1, -0.05) is 41.4 Å². The van der Waals surface area contributed by atoms with E-state index in [2.05, 4.69) is 20.3 Å². The van der Waals surface area contributed by atoms with E-state index in [9.17, 15) is 4.79 Å². The smallest absolute Gasteiger partial charge is 0.257 e.